The number of nitrogens with zero attached hydrogens (tertiary/aromatic N) is 2. The Morgan fingerprint density at radius 1 is 1.27 bits per heavy atom. The van der Waals surface area contributed by atoms with E-state index in [4.69, 9.17) is 9.47 Å². The molecule has 0 spiro atoms. The highest BCUT2D eigenvalue weighted by Gasteiger charge is 2.27. The van der Waals surface area contributed by atoms with E-state index in [0.717, 1.165) is 25.4 Å². The number of morpholine rings is 1. The number of carbonyl (C=O) groups is 1. The second-order valence-corrected chi connectivity index (χ2v) is 8.16. The normalized spacial score (nSPS) is 17.2. The Bertz CT molecular complexity index is 843. The van der Waals surface area contributed by atoms with E-state index in [1.54, 1.807) is 30.2 Å². The summed E-state index contributed by atoms with van der Waals surface area (Å²) in [5, 5.41) is 0. The van der Waals surface area contributed by atoms with Crippen molar-refractivity contribution in [2.75, 3.05) is 39.9 Å². The molecule has 1 aliphatic rings. The minimum atomic E-state index is -0.486. The van der Waals surface area contributed by atoms with Gasteiger partial charge in [-0.3, -0.25) is 9.69 Å². The highest BCUT2D eigenvalue weighted by Crippen LogP contribution is 2.18. The molecule has 1 aliphatic heterocycles. The topological polar surface area (TPSA) is 42.0 Å². The molecule has 0 radical (unpaired) electrons. The Labute approximate surface area is 178 Å². The molecular formula is C24H31FN2O3. The second kappa shape index (κ2) is 10.5. The maximum absolute atomic E-state index is 14.2. The number of amides is 1. The summed E-state index contributed by atoms with van der Waals surface area (Å²) in [6.45, 7) is 8.07. The summed E-state index contributed by atoms with van der Waals surface area (Å²) in [4.78, 5) is 17.1. The maximum atomic E-state index is 14.2. The van der Waals surface area contributed by atoms with Gasteiger partial charge in [0.15, 0.2) is 0 Å². The molecular weight excluding hydrogens is 383 g/mol. The fourth-order valence-electron chi connectivity index (χ4n) is 3.80. The van der Waals surface area contributed by atoms with Gasteiger partial charge < -0.3 is 14.4 Å². The number of halogens is 1. The van der Waals surface area contributed by atoms with Gasteiger partial charge in [-0.25, -0.2) is 4.39 Å². The molecule has 6 heteroatoms. The first kappa shape index (κ1) is 22.2. The molecule has 0 saturated carbocycles. The lowest BCUT2D eigenvalue weighted by Crippen LogP contribution is -2.49. The first-order valence-electron chi connectivity index (χ1n) is 10.5. The van der Waals surface area contributed by atoms with Crippen LogP contribution in [0.5, 0.6) is 5.75 Å². The SMILES string of the molecule is COc1cccc(CN2CCOC(CN(CC(C)C)C(=O)c3ccccc3F)C2)c1. The van der Waals surface area contributed by atoms with Gasteiger partial charge in [0.1, 0.15) is 11.6 Å². The Balaban J connectivity index is 1.66. The van der Waals surface area contributed by atoms with Crippen molar-refractivity contribution >= 4 is 5.91 Å². The summed E-state index contributed by atoms with van der Waals surface area (Å²) < 4.78 is 25.5. The van der Waals surface area contributed by atoms with Crippen molar-refractivity contribution in [1.29, 1.82) is 0 Å². The van der Waals surface area contributed by atoms with Crippen molar-refractivity contribution in [3.63, 3.8) is 0 Å². The third kappa shape index (κ3) is 6.03. The van der Waals surface area contributed by atoms with Crippen LogP contribution in [0.1, 0.15) is 29.8 Å². The molecule has 1 heterocycles. The van der Waals surface area contributed by atoms with Crippen LogP contribution in [0.25, 0.3) is 0 Å². The summed E-state index contributed by atoms with van der Waals surface area (Å²) in [6.07, 6.45) is -0.112. The average Bonchev–Trinajstić information content (AvgIpc) is 2.73. The van der Waals surface area contributed by atoms with Crippen molar-refractivity contribution in [3.8, 4) is 5.75 Å². The molecule has 3 rings (SSSR count). The summed E-state index contributed by atoms with van der Waals surface area (Å²) in [6, 6.07) is 14.2. The zero-order chi connectivity index (χ0) is 21.5. The molecule has 1 atom stereocenters. The lowest BCUT2D eigenvalue weighted by Gasteiger charge is -2.36. The van der Waals surface area contributed by atoms with Gasteiger partial charge in [0.05, 0.1) is 25.4 Å². The Kier molecular flexibility index (Phi) is 7.82. The van der Waals surface area contributed by atoms with E-state index in [2.05, 4.69) is 24.8 Å². The van der Waals surface area contributed by atoms with Crippen LogP contribution in [0.4, 0.5) is 4.39 Å². The standard InChI is InChI=1S/C24H31FN2O3/c1-18(2)14-27(24(28)22-9-4-5-10-23(22)25)17-21-16-26(11-12-30-21)15-19-7-6-8-20(13-19)29-3/h4-10,13,18,21H,11-12,14-17H2,1-3H3. The summed E-state index contributed by atoms with van der Waals surface area (Å²) in [7, 11) is 1.67. The van der Waals surface area contributed by atoms with Gasteiger partial charge in [-0.2, -0.15) is 0 Å². The number of benzene rings is 2. The van der Waals surface area contributed by atoms with E-state index < -0.39 is 5.82 Å². The Hall–Kier alpha value is -2.44. The van der Waals surface area contributed by atoms with Crippen LogP contribution in [-0.2, 0) is 11.3 Å². The summed E-state index contributed by atoms with van der Waals surface area (Å²) >= 11 is 0. The molecule has 1 unspecified atom stereocenters. The van der Waals surface area contributed by atoms with Gasteiger partial charge in [-0.15, -0.1) is 0 Å². The largest absolute Gasteiger partial charge is 0.497 e. The third-order valence-electron chi connectivity index (χ3n) is 5.16. The number of hydrogen-bond acceptors (Lipinski definition) is 4. The quantitative estimate of drug-likeness (QED) is 0.658. The molecule has 0 N–H and O–H groups in total. The molecule has 2 aromatic carbocycles. The fraction of sp³-hybridized carbons (Fsp3) is 0.458. The molecule has 162 valence electrons. The van der Waals surface area contributed by atoms with Crippen molar-refractivity contribution < 1.29 is 18.7 Å². The first-order chi connectivity index (χ1) is 14.5. The lowest BCUT2D eigenvalue weighted by atomic mass is 10.1. The van der Waals surface area contributed by atoms with E-state index in [1.165, 1.54) is 11.6 Å². The first-order valence-corrected chi connectivity index (χ1v) is 10.5. The fourth-order valence-corrected chi connectivity index (χ4v) is 3.80. The maximum Gasteiger partial charge on any atom is 0.256 e. The van der Waals surface area contributed by atoms with Gasteiger partial charge in [-0.05, 0) is 35.7 Å². The molecule has 5 nitrogen and oxygen atoms in total. The van der Waals surface area contributed by atoms with Crippen LogP contribution < -0.4 is 4.74 Å². The van der Waals surface area contributed by atoms with Crippen LogP contribution in [0.15, 0.2) is 48.5 Å². The number of carbonyl (C=O) groups excluding carboxylic acids is 1. The van der Waals surface area contributed by atoms with Crippen LogP contribution in [0.2, 0.25) is 0 Å². The zero-order valence-electron chi connectivity index (χ0n) is 18.0. The lowest BCUT2D eigenvalue weighted by molar-refractivity contribution is -0.0438. The van der Waals surface area contributed by atoms with Crippen LogP contribution >= 0.6 is 0 Å². The van der Waals surface area contributed by atoms with Gasteiger partial charge in [0.2, 0.25) is 0 Å². The monoisotopic (exact) mass is 414 g/mol. The van der Waals surface area contributed by atoms with Gasteiger partial charge in [-0.1, -0.05) is 38.1 Å². The Morgan fingerprint density at radius 3 is 2.80 bits per heavy atom. The van der Waals surface area contributed by atoms with Crippen LogP contribution in [-0.4, -0.2) is 61.7 Å². The molecule has 0 aliphatic carbocycles. The molecule has 0 aromatic heterocycles. The molecule has 30 heavy (non-hydrogen) atoms. The van der Waals surface area contributed by atoms with E-state index >= 15 is 0 Å². The van der Waals surface area contributed by atoms with Crippen molar-refractivity contribution in [2.45, 2.75) is 26.5 Å². The van der Waals surface area contributed by atoms with Crippen molar-refractivity contribution in [2.24, 2.45) is 5.92 Å². The molecule has 1 fully saturated rings. The number of hydrogen-bond donors (Lipinski definition) is 0. The minimum absolute atomic E-state index is 0.112. The van der Waals surface area contributed by atoms with E-state index in [0.29, 0.717) is 19.7 Å². The molecule has 0 bridgehead atoms. The van der Waals surface area contributed by atoms with Crippen LogP contribution in [0.3, 0.4) is 0 Å². The van der Waals surface area contributed by atoms with E-state index in [1.807, 2.05) is 18.2 Å². The number of ether oxygens (including phenoxy) is 2. The highest BCUT2D eigenvalue weighted by molar-refractivity contribution is 5.94. The predicted octanol–water partition coefficient (Wildman–Crippen LogP) is 3.83. The average molecular weight is 415 g/mol. The second-order valence-electron chi connectivity index (χ2n) is 8.16. The highest BCUT2D eigenvalue weighted by atomic mass is 19.1. The van der Waals surface area contributed by atoms with Crippen molar-refractivity contribution in [3.05, 3.63) is 65.5 Å². The zero-order valence-corrected chi connectivity index (χ0v) is 18.0. The summed E-state index contributed by atoms with van der Waals surface area (Å²) in [5.41, 5.74) is 1.29. The minimum Gasteiger partial charge on any atom is -0.497 e. The van der Waals surface area contributed by atoms with E-state index in [-0.39, 0.29) is 23.5 Å². The van der Waals surface area contributed by atoms with Crippen molar-refractivity contribution in [1.82, 2.24) is 9.80 Å². The third-order valence-corrected chi connectivity index (χ3v) is 5.16. The molecule has 2 aromatic rings. The van der Waals surface area contributed by atoms with Crippen LogP contribution in [0, 0.1) is 11.7 Å². The Morgan fingerprint density at radius 2 is 2.07 bits per heavy atom. The molecule has 1 saturated heterocycles. The summed E-state index contributed by atoms with van der Waals surface area (Å²) in [5.74, 6) is 0.351. The van der Waals surface area contributed by atoms with Gasteiger partial charge in [0, 0.05) is 32.7 Å². The smallest absolute Gasteiger partial charge is 0.256 e. The molecule has 1 amide bonds. The number of rotatable bonds is 8. The van der Waals surface area contributed by atoms with Gasteiger partial charge in [0.25, 0.3) is 5.91 Å². The number of methoxy groups -OCH3 is 1. The van der Waals surface area contributed by atoms with E-state index in [9.17, 15) is 9.18 Å². The van der Waals surface area contributed by atoms with Gasteiger partial charge >= 0.3 is 0 Å². The predicted molar refractivity (Wildman–Crippen MR) is 115 cm³/mol.